The van der Waals surface area contributed by atoms with Crippen LogP contribution in [0.4, 0.5) is 34.1 Å². The van der Waals surface area contributed by atoms with Crippen LogP contribution in [0.1, 0.15) is 105 Å². The number of benzene rings is 7. The second kappa shape index (κ2) is 14.4. The van der Waals surface area contributed by atoms with Crippen LogP contribution in [0.15, 0.2) is 152 Å². The fourth-order valence-corrected chi connectivity index (χ4v) is 9.45. The van der Waals surface area contributed by atoms with Crippen LogP contribution in [0.2, 0.25) is 0 Å². The van der Waals surface area contributed by atoms with Crippen LogP contribution < -0.4 is 26.2 Å². The minimum atomic E-state index is -0.0293. The van der Waals surface area contributed by atoms with Crippen LogP contribution in [-0.2, 0) is 21.7 Å². The molecular formula is C58H61BN2. The molecule has 0 saturated carbocycles. The van der Waals surface area contributed by atoms with Crippen molar-refractivity contribution in [3.63, 3.8) is 0 Å². The number of rotatable bonds is 4. The van der Waals surface area contributed by atoms with Crippen molar-refractivity contribution >= 4 is 57.2 Å². The molecule has 61 heavy (non-hydrogen) atoms. The van der Waals surface area contributed by atoms with Crippen LogP contribution in [0, 0.1) is 0 Å². The van der Waals surface area contributed by atoms with Gasteiger partial charge in [0.1, 0.15) is 0 Å². The number of anilines is 6. The molecule has 0 fully saturated rings. The van der Waals surface area contributed by atoms with Gasteiger partial charge in [-0.25, -0.2) is 0 Å². The van der Waals surface area contributed by atoms with Crippen LogP contribution >= 0.6 is 0 Å². The van der Waals surface area contributed by atoms with Crippen LogP contribution in [0.3, 0.4) is 0 Å². The molecule has 0 aliphatic carbocycles. The van der Waals surface area contributed by atoms with Gasteiger partial charge >= 0.3 is 0 Å². The largest absolute Gasteiger partial charge is 0.311 e. The van der Waals surface area contributed by atoms with Crippen molar-refractivity contribution in [2.75, 3.05) is 9.80 Å². The molecule has 7 aromatic rings. The lowest BCUT2D eigenvalue weighted by molar-refractivity contribution is 0.590. The first-order valence-electron chi connectivity index (χ1n) is 22.2. The minimum absolute atomic E-state index is 0.0124. The van der Waals surface area contributed by atoms with E-state index in [2.05, 4.69) is 245 Å². The highest BCUT2D eigenvalue weighted by atomic mass is 15.2. The monoisotopic (exact) mass is 796 g/mol. The van der Waals surface area contributed by atoms with Crippen LogP contribution in [0.25, 0.3) is 22.3 Å². The van der Waals surface area contributed by atoms with Crippen molar-refractivity contribution < 1.29 is 0 Å². The zero-order valence-corrected chi connectivity index (χ0v) is 38.4. The minimum Gasteiger partial charge on any atom is -0.311 e. The lowest BCUT2D eigenvalue weighted by Gasteiger charge is -2.45. The summed E-state index contributed by atoms with van der Waals surface area (Å²) in [5.41, 5.74) is 21.5. The highest BCUT2D eigenvalue weighted by molar-refractivity contribution is 7.00. The zero-order valence-electron chi connectivity index (χ0n) is 38.4. The maximum absolute atomic E-state index is 2.59. The molecule has 2 aliphatic rings. The summed E-state index contributed by atoms with van der Waals surface area (Å²) in [7, 11) is 0. The van der Waals surface area contributed by atoms with Gasteiger partial charge in [0, 0.05) is 34.0 Å². The van der Waals surface area contributed by atoms with Crippen molar-refractivity contribution in [1.82, 2.24) is 0 Å². The maximum atomic E-state index is 2.59. The molecule has 0 unspecified atom stereocenters. The average molecular weight is 797 g/mol. The average Bonchev–Trinajstić information content (AvgIpc) is 3.22. The van der Waals surface area contributed by atoms with Gasteiger partial charge in [0.25, 0.3) is 6.71 Å². The smallest absolute Gasteiger partial charge is 0.252 e. The highest BCUT2D eigenvalue weighted by Gasteiger charge is 2.45. The third kappa shape index (κ3) is 7.20. The molecule has 306 valence electrons. The molecule has 0 spiro atoms. The summed E-state index contributed by atoms with van der Waals surface area (Å²) >= 11 is 0. The van der Waals surface area contributed by atoms with Crippen molar-refractivity contribution in [3.8, 4) is 22.3 Å². The Kier molecular flexibility index (Phi) is 9.59. The van der Waals surface area contributed by atoms with Gasteiger partial charge in [0.2, 0.25) is 0 Å². The summed E-state index contributed by atoms with van der Waals surface area (Å²) in [4.78, 5) is 5.16. The summed E-state index contributed by atoms with van der Waals surface area (Å²) in [5, 5.41) is 0. The van der Waals surface area contributed by atoms with Gasteiger partial charge in [0.15, 0.2) is 0 Å². The van der Waals surface area contributed by atoms with E-state index >= 15 is 0 Å². The van der Waals surface area contributed by atoms with Crippen molar-refractivity contribution in [1.29, 1.82) is 0 Å². The van der Waals surface area contributed by atoms with E-state index < -0.39 is 0 Å². The van der Waals surface area contributed by atoms with Gasteiger partial charge in [-0.05, 0) is 119 Å². The van der Waals surface area contributed by atoms with Gasteiger partial charge in [-0.3, -0.25) is 0 Å². The molecule has 0 atom stereocenters. The van der Waals surface area contributed by atoms with E-state index in [9.17, 15) is 0 Å². The maximum Gasteiger partial charge on any atom is 0.252 e. The molecule has 0 saturated heterocycles. The molecule has 0 aromatic heterocycles. The predicted molar refractivity (Wildman–Crippen MR) is 266 cm³/mol. The molecule has 2 aliphatic heterocycles. The molecule has 7 aromatic carbocycles. The Morgan fingerprint density at radius 3 is 1.38 bits per heavy atom. The second-order valence-corrected chi connectivity index (χ2v) is 21.6. The Balaban J connectivity index is 1.44. The predicted octanol–water partition coefficient (Wildman–Crippen LogP) is 14.3. The molecule has 3 heteroatoms. The highest BCUT2D eigenvalue weighted by Crippen LogP contribution is 2.49. The summed E-state index contributed by atoms with van der Waals surface area (Å²) in [6.07, 6.45) is 0. The summed E-state index contributed by atoms with van der Waals surface area (Å²) < 4.78 is 0. The Hall–Kier alpha value is -5.80. The topological polar surface area (TPSA) is 6.48 Å². The van der Waals surface area contributed by atoms with Crippen molar-refractivity contribution in [3.05, 3.63) is 174 Å². The van der Waals surface area contributed by atoms with E-state index in [1.54, 1.807) is 0 Å². The molecular weight excluding hydrogens is 735 g/mol. The molecule has 0 radical (unpaired) electrons. The SMILES string of the molecule is CC(C)(C)c1ccc(N2c3ccc(C(C)(C)C)cc3B3c4cc(C(C)(C)C)ccc4N(c4ccccc4-c4ccccc4)c4cc(-c5cccc(C(C)(C)C)c5)cc2c43)cc1. The molecule has 2 nitrogen and oxygen atoms in total. The van der Waals surface area contributed by atoms with Gasteiger partial charge < -0.3 is 9.80 Å². The third-order valence-corrected chi connectivity index (χ3v) is 13.1. The summed E-state index contributed by atoms with van der Waals surface area (Å²) in [5.74, 6) is 0. The fourth-order valence-electron chi connectivity index (χ4n) is 9.45. The fraction of sp³-hybridized carbons (Fsp3) is 0.276. The number of para-hydroxylation sites is 1. The Bertz CT molecular complexity index is 2790. The van der Waals surface area contributed by atoms with Crippen LogP contribution in [-0.4, -0.2) is 6.71 Å². The summed E-state index contributed by atoms with van der Waals surface area (Å²) in [6, 6.07) is 58.1. The lowest BCUT2D eigenvalue weighted by atomic mass is 9.33. The van der Waals surface area contributed by atoms with E-state index in [4.69, 9.17) is 0 Å². The number of nitrogens with zero attached hydrogens (tertiary/aromatic N) is 2. The zero-order chi connectivity index (χ0) is 43.2. The van der Waals surface area contributed by atoms with Crippen molar-refractivity contribution in [2.45, 2.75) is 105 Å². The van der Waals surface area contributed by atoms with E-state index in [1.807, 2.05) is 0 Å². The normalized spacial score (nSPS) is 13.8. The first kappa shape index (κ1) is 40.6. The first-order valence-corrected chi connectivity index (χ1v) is 22.2. The van der Waals surface area contributed by atoms with Gasteiger partial charge in [-0.2, -0.15) is 0 Å². The van der Waals surface area contributed by atoms with E-state index in [0.717, 1.165) is 0 Å². The lowest BCUT2D eigenvalue weighted by Crippen LogP contribution is -2.61. The van der Waals surface area contributed by atoms with E-state index in [-0.39, 0.29) is 28.4 Å². The van der Waals surface area contributed by atoms with Crippen molar-refractivity contribution in [2.24, 2.45) is 0 Å². The number of hydrogen-bond acceptors (Lipinski definition) is 2. The Labute approximate surface area is 366 Å². The second-order valence-electron chi connectivity index (χ2n) is 21.6. The van der Waals surface area contributed by atoms with Gasteiger partial charge in [-0.1, -0.05) is 192 Å². The number of fused-ring (bicyclic) bond motifs is 4. The molecule has 9 rings (SSSR count). The molecule has 2 heterocycles. The Morgan fingerprint density at radius 2 is 0.803 bits per heavy atom. The molecule has 0 bridgehead atoms. The Morgan fingerprint density at radius 1 is 0.328 bits per heavy atom. The van der Waals surface area contributed by atoms with E-state index in [1.165, 1.54) is 95.0 Å². The first-order chi connectivity index (χ1) is 28.8. The standard InChI is InChI=1S/C58H61BN2/c1-55(2,3)41-25-29-45(30-26-41)60-50-31-27-43(57(7,8)9)36-47(50)59-48-37-44(58(10,11)12)28-32-51(48)61(49-24-17-16-23-46(49)38-19-14-13-15-20-38)53-35-40(34-52(60)54(53)59)39-21-18-22-42(33-39)56(4,5)6/h13-37H,1-12H3. The third-order valence-electron chi connectivity index (χ3n) is 13.1. The molecule has 0 N–H and O–H groups in total. The van der Waals surface area contributed by atoms with Gasteiger partial charge in [0.05, 0.1) is 5.69 Å². The van der Waals surface area contributed by atoms with Crippen LogP contribution in [0.5, 0.6) is 0 Å². The quantitative estimate of drug-likeness (QED) is 0.164. The van der Waals surface area contributed by atoms with E-state index in [0.29, 0.717) is 0 Å². The summed E-state index contributed by atoms with van der Waals surface area (Å²) in [6.45, 7) is 27.9. The molecule has 0 amide bonds. The van der Waals surface area contributed by atoms with Gasteiger partial charge in [-0.15, -0.1) is 0 Å². The number of hydrogen-bond donors (Lipinski definition) is 0.